The number of hydrogen-bond donors (Lipinski definition) is 3. The van der Waals surface area contributed by atoms with Gasteiger partial charge in [-0.25, -0.2) is 8.78 Å². The lowest BCUT2D eigenvalue weighted by atomic mass is 9.99. The zero-order chi connectivity index (χ0) is 21.2. The lowest BCUT2D eigenvalue weighted by Gasteiger charge is -2.15. The number of hydrogen-bond acceptors (Lipinski definition) is 6. The van der Waals surface area contributed by atoms with E-state index in [0.29, 0.717) is 0 Å². The Balaban J connectivity index is 2.20. The Hall–Kier alpha value is -3.16. The number of ether oxygens (including phenoxy) is 1. The number of rotatable bonds is 7. The number of Topliss-reactive ketones (excluding diaryl/α,β-unsaturated/α-hetero) is 2. The first kappa shape index (κ1) is 21.1. The van der Waals surface area contributed by atoms with Crippen molar-refractivity contribution in [3.63, 3.8) is 0 Å². The van der Waals surface area contributed by atoms with Crippen LogP contribution in [-0.4, -0.2) is 33.5 Å². The minimum absolute atomic E-state index is 0.00813. The van der Waals surface area contributed by atoms with Crippen molar-refractivity contribution in [3.05, 3.63) is 47.0 Å². The molecule has 0 radical (unpaired) electrons. The minimum atomic E-state index is -1.27. The summed E-state index contributed by atoms with van der Waals surface area (Å²) in [7, 11) is 0. The molecule has 0 saturated carbocycles. The number of benzene rings is 2. The summed E-state index contributed by atoms with van der Waals surface area (Å²) in [6.07, 6.45) is 0. The first-order valence-corrected chi connectivity index (χ1v) is 8.48. The highest BCUT2D eigenvalue weighted by Crippen LogP contribution is 2.33. The van der Waals surface area contributed by atoms with Gasteiger partial charge in [-0.2, -0.15) is 0 Å². The number of halogens is 2. The summed E-state index contributed by atoms with van der Waals surface area (Å²) in [5.41, 5.74) is -0.445. The quantitative estimate of drug-likeness (QED) is 0.487. The van der Waals surface area contributed by atoms with E-state index in [1.807, 2.05) is 0 Å². The van der Waals surface area contributed by atoms with E-state index in [1.165, 1.54) is 13.0 Å². The number of carbonyl (C=O) groups excluding carboxylic acids is 2. The van der Waals surface area contributed by atoms with Crippen LogP contribution in [0.5, 0.6) is 23.0 Å². The largest absolute Gasteiger partial charge is 0.504 e. The molecule has 2 aromatic rings. The maximum absolute atomic E-state index is 14.0. The van der Waals surface area contributed by atoms with Crippen molar-refractivity contribution in [3.8, 4) is 23.0 Å². The second kappa shape index (κ2) is 8.24. The van der Waals surface area contributed by atoms with Crippen LogP contribution in [0.4, 0.5) is 8.78 Å². The highest BCUT2D eigenvalue weighted by atomic mass is 19.1. The summed E-state index contributed by atoms with van der Waals surface area (Å²) in [4.78, 5) is 24.4. The number of phenols is 3. The number of aromatic hydroxyl groups is 3. The summed E-state index contributed by atoms with van der Waals surface area (Å²) < 4.78 is 33.2. The normalized spacial score (nSPS) is 12.1. The molecule has 6 nitrogen and oxygen atoms in total. The molecule has 0 fully saturated rings. The SMILES string of the molecule is CC(C)C(=O)c1cc(F)c(O)c(OCC(C)C(=O)c2ccc(O)c(O)c2F)c1. The number of phenolic OH excluding ortho intramolecular Hbond substituents is 3. The summed E-state index contributed by atoms with van der Waals surface area (Å²) in [5, 5.41) is 28.5. The van der Waals surface area contributed by atoms with E-state index in [2.05, 4.69) is 0 Å². The van der Waals surface area contributed by atoms with E-state index in [9.17, 15) is 33.7 Å². The average Bonchev–Trinajstić information content (AvgIpc) is 2.65. The van der Waals surface area contributed by atoms with Gasteiger partial charge in [-0.05, 0) is 24.3 Å². The molecule has 0 saturated heterocycles. The maximum Gasteiger partial charge on any atom is 0.194 e. The average molecular weight is 394 g/mol. The van der Waals surface area contributed by atoms with Crippen molar-refractivity contribution in [2.75, 3.05) is 6.61 Å². The van der Waals surface area contributed by atoms with Gasteiger partial charge in [0.25, 0.3) is 0 Å². The molecule has 150 valence electrons. The fourth-order valence-corrected chi connectivity index (χ4v) is 2.46. The standard InChI is InChI=1S/C20H20F2O6/c1-9(2)17(24)11-6-13(21)19(26)15(7-11)28-8-10(3)18(25)12-4-5-14(23)20(27)16(12)22/h4-7,9-10,23,26-27H,8H2,1-3H3. The molecule has 1 atom stereocenters. The van der Waals surface area contributed by atoms with Crippen LogP contribution in [0.3, 0.4) is 0 Å². The van der Waals surface area contributed by atoms with Crippen LogP contribution in [-0.2, 0) is 0 Å². The van der Waals surface area contributed by atoms with Crippen LogP contribution >= 0.6 is 0 Å². The van der Waals surface area contributed by atoms with Crippen LogP contribution in [0, 0.1) is 23.5 Å². The third kappa shape index (κ3) is 4.21. The zero-order valence-electron chi connectivity index (χ0n) is 15.5. The van der Waals surface area contributed by atoms with Gasteiger partial charge in [0.15, 0.2) is 46.2 Å². The van der Waals surface area contributed by atoms with Gasteiger partial charge in [-0.1, -0.05) is 20.8 Å². The highest BCUT2D eigenvalue weighted by molar-refractivity contribution is 5.99. The second-order valence-corrected chi connectivity index (χ2v) is 6.69. The van der Waals surface area contributed by atoms with Crippen molar-refractivity contribution < 1.29 is 38.4 Å². The van der Waals surface area contributed by atoms with Crippen LogP contribution in [0.1, 0.15) is 41.5 Å². The van der Waals surface area contributed by atoms with Crippen molar-refractivity contribution in [1.82, 2.24) is 0 Å². The van der Waals surface area contributed by atoms with Gasteiger partial charge >= 0.3 is 0 Å². The van der Waals surface area contributed by atoms with Gasteiger partial charge in [0.2, 0.25) is 0 Å². The van der Waals surface area contributed by atoms with E-state index in [0.717, 1.165) is 18.2 Å². The maximum atomic E-state index is 14.0. The van der Waals surface area contributed by atoms with Crippen molar-refractivity contribution in [2.45, 2.75) is 20.8 Å². The van der Waals surface area contributed by atoms with E-state index in [1.54, 1.807) is 13.8 Å². The molecule has 28 heavy (non-hydrogen) atoms. The molecule has 8 heteroatoms. The summed E-state index contributed by atoms with van der Waals surface area (Å²) in [6.45, 7) is 4.32. The van der Waals surface area contributed by atoms with Crippen molar-refractivity contribution >= 4 is 11.6 Å². The Morgan fingerprint density at radius 1 is 1.00 bits per heavy atom. The topological polar surface area (TPSA) is 104 Å². The van der Waals surface area contributed by atoms with Gasteiger partial charge in [0.05, 0.1) is 18.1 Å². The molecule has 0 spiro atoms. The predicted molar refractivity (Wildman–Crippen MR) is 96.0 cm³/mol. The minimum Gasteiger partial charge on any atom is -0.504 e. The lowest BCUT2D eigenvalue weighted by molar-refractivity contribution is 0.0879. The Morgan fingerprint density at radius 3 is 2.25 bits per heavy atom. The highest BCUT2D eigenvalue weighted by Gasteiger charge is 2.24. The van der Waals surface area contributed by atoms with Crippen LogP contribution < -0.4 is 4.74 Å². The van der Waals surface area contributed by atoms with Crippen molar-refractivity contribution in [2.24, 2.45) is 11.8 Å². The summed E-state index contributed by atoms with van der Waals surface area (Å²) >= 11 is 0. The Labute approximate surface area is 160 Å². The molecule has 2 rings (SSSR count). The molecule has 0 heterocycles. The lowest BCUT2D eigenvalue weighted by Crippen LogP contribution is -2.20. The molecule has 0 aliphatic heterocycles. The third-order valence-electron chi connectivity index (χ3n) is 4.13. The smallest absolute Gasteiger partial charge is 0.194 e. The molecule has 2 aromatic carbocycles. The predicted octanol–water partition coefficient (Wildman–Crippen LogP) is 3.82. The number of carbonyl (C=O) groups is 2. The van der Waals surface area contributed by atoms with Gasteiger partial charge in [0, 0.05) is 11.5 Å². The molecular weight excluding hydrogens is 374 g/mol. The van der Waals surface area contributed by atoms with Crippen LogP contribution in [0.2, 0.25) is 0 Å². The van der Waals surface area contributed by atoms with Crippen LogP contribution in [0.15, 0.2) is 24.3 Å². The van der Waals surface area contributed by atoms with Gasteiger partial charge in [0.1, 0.15) is 0 Å². The van der Waals surface area contributed by atoms with Crippen molar-refractivity contribution in [1.29, 1.82) is 0 Å². The summed E-state index contributed by atoms with van der Waals surface area (Å²) in [5.74, 6) is -7.62. The third-order valence-corrected chi connectivity index (χ3v) is 4.13. The Bertz CT molecular complexity index is 923. The first-order chi connectivity index (χ1) is 13.0. The molecule has 0 amide bonds. The second-order valence-electron chi connectivity index (χ2n) is 6.69. The number of ketones is 2. The molecule has 0 bridgehead atoms. The van der Waals surface area contributed by atoms with Crippen LogP contribution in [0.25, 0.3) is 0 Å². The van der Waals surface area contributed by atoms with Gasteiger partial charge in [-0.15, -0.1) is 0 Å². The molecule has 1 unspecified atom stereocenters. The van der Waals surface area contributed by atoms with E-state index < -0.39 is 52.1 Å². The zero-order valence-corrected chi connectivity index (χ0v) is 15.5. The fraction of sp³-hybridized carbons (Fsp3) is 0.300. The van der Waals surface area contributed by atoms with E-state index in [4.69, 9.17) is 4.74 Å². The molecular formula is C20H20F2O6. The van der Waals surface area contributed by atoms with E-state index in [-0.39, 0.29) is 23.7 Å². The van der Waals surface area contributed by atoms with Gasteiger partial charge in [-0.3, -0.25) is 9.59 Å². The Morgan fingerprint density at radius 2 is 1.64 bits per heavy atom. The first-order valence-electron chi connectivity index (χ1n) is 8.48. The van der Waals surface area contributed by atoms with Gasteiger partial charge < -0.3 is 20.1 Å². The molecule has 3 N–H and O–H groups in total. The monoisotopic (exact) mass is 394 g/mol. The van der Waals surface area contributed by atoms with E-state index >= 15 is 0 Å². The Kier molecular flexibility index (Phi) is 6.23. The molecule has 0 aromatic heterocycles. The molecule has 0 aliphatic carbocycles. The molecule has 0 aliphatic rings. The fourth-order valence-electron chi connectivity index (χ4n) is 2.46. The summed E-state index contributed by atoms with van der Waals surface area (Å²) in [6, 6.07) is 4.06.